The summed E-state index contributed by atoms with van der Waals surface area (Å²) in [5.74, 6) is 0.625. The molecule has 0 aliphatic rings. The number of rotatable bonds is 3. The quantitative estimate of drug-likeness (QED) is 0.323. The van der Waals surface area contributed by atoms with E-state index >= 15 is 0 Å². The van der Waals surface area contributed by atoms with Gasteiger partial charge >= 0.3 is 0 Å². The van der Waals surface area contributed by atoms with Crippen molar-refractivity contribution in [2.75, 3.05) is 33.6 Å². The molecule has 0 saturated heterocycles. The number of alkyl halides is 1. The summed E-state index contributed by atoms with van der Waals surface area (Å²) in [5.41, 5.74) is 0. The molecule has 0 radical (unpaired) electrons. The zero-order chi connectivity index (χ0) is 7.33. The lowest BCUT2D eigenvalue weighted by molar-refractivity contribution is -0.864. The Kier molecular flexibility index (Phi) is 3.91. The van der Waals surface area contributed by atoms with Crippen LogP contribution < -0.4 is 0 Å². The molecule has 54 valence electrons. The predicted octanol–water partition coefficient (Wildman–Crippen LogP) is 1.49. The summed E-state index contributed by atoms with van der Waals surface area (Å²) in [6.07, 6.45) is 4.08. The largest absolute Gasteiger partial charge is 0.328 e. The summed E-state index contributed by atoms with van der Waals surface area (Å²) in [6, 6.07) is 0. The Morgan fingerprint density at radius 3 is 2.11 bits per heavy atom. The second-order valence-corrected chi connectivity index (χ2v) is 3.41. The van der Waals surface area contributed by atoms with Gasteiger partial charge in [0, 0.05) is 5.88 Å². The van der Waals surface area contributed by atoms with E-state index in [1.807, 2.05) is 6.08 Å². The number of halogens is 1. The van der Waals surface area contributed by atoms with Crippen LogP contribution in [-0.2, 0) is 0 Å². The normalized spacial score (nSPS) is 12.9. The molecule has 0 aliphatic carbocycles. The zero-order valence-electron chi connectivity index (χ0n) is 6.39. The van der Waals surface area contributed by atoms with Crippen LogP contribution in [0.5, 0.6) is 0 Å². The molecule has 0 saturated carbocycles. The van der Waals surface area contributed by atoms with Crippen LogP contribution in [0.25, 0.3) is 0 Å². The first-order valence-electron chi connectivity index (χ1n) is 3.07. The molecular formula is C7H15ClN+. The number of likely N-dealkylation sites (N-methyl/N-ethyl adjacent to an activating group) is 1. The molecule has 0 aromatic rings. The van der Waals surface area contributed by atoms with E-state index in [1.54, 1.807) is 0 Å². The molecule has 0 fully saturated rings. The molecule has 0 N–H and O–H groups in total. The van der Waals surface area contributed by atoms with Gasteiger partial charge in [0.15, 0.2) is 0 Å². The van der Waals surface area contributed by atoms with E-state index in [0.29, 0.717) is 5.88 Å². The summed E-state index contributed by atoms with van der Waals surface area (Å²) in [6.45, 7) is 1.05. The van der Waals surface area contributed by atoms with Gasteiger partial charge in [0.1, 0.15) is 0 Å². The van der Waals surface area contributed by atoms with Gasteiger partial charge in [-0.2, -0.15) is 0 Å². The molecule has 0 aliphatic heterocycles. The maximum Gasteiger partial charge on any atom is 0.0967 e. The first-order valence-corrected chi connectivity index (χ1v) is 3.61. The Hall–Kier alpha value is -0.0100. The van der Waals surface area contributed by atoms with E-state index in [0.717, 1.165) is 11.0 Å². The summed E-state index contributed by atoms with van der Waals surface area (Å²) < 4.78 is 0.966. The Bertz CT molecular complexity index is 91.6. The van der Waals surface area contributed by atoms with Crippen LogP contribution in [0.1, 0.15) is 0 Å². The lowest BCUT2D eigenvalue weighted by atomic mass is 10.4. The predicted molar refractivity (Wildman–Crippen MR) is 42.8 cm³/mol. The van der Waals surface area contributed by atoms with Gasteiger partial charge in [-0.15, -0.1) is 11.6 Å². The minimum atomic E-state index is 0.625. The standard InChI is InChI=1S/C7H15ClN/c1-9(2,3)7-5-4-6-8/h4-5H,6-7H2,1-3H3/q+1. The van der Waals surface area contributed by atoms with Crippen LogP contribution in [-0.4, -0.2) is 38.1 Å². The highest BCUT2D eigenvalue weighted by molar-refractivity contribution is 6.18. The fourth-order valence-electron chi connectivity index (χ4n) is 0.454. The molecule has 0 heterocycles. The molecule has 0 atom stereocenters. The van der Waals surface area contributed by atoms with Crippen LogP contribution in [0, 0.1) is 0 Å². The zero-order valence-corrected chi connectivity index (χ0v) is 7.15. The van der Waals surface area contributed by atoms with Crippen molar-refractivity contribution in [3.05, 3.63) is 12.2 Å². The van der Waals surface area contributed by atoms with Gasteiger partial charge < -0.3 is 4.48 Å². The summed E-state index contributed by atoms with van der Waals surface area (Å²) >= 11 is 5.44. The van der Waals surface area contributed by atoms with E-state index in [-0.39, 0.29) is 0 Å². The molecule has 0 amide bonds. The molecule has 9 heavy (non-hydrogen) atoms. The number of quaternary nitrogens is 1. The number of hydrogen-bond acceptors (Lipinski definition) is 0. The highest BCUT2D eigenvalue weighted by atomic mass is 35.5. The Morgan fingerprint density at radius 1 is 1.22 bits per heavy atom. The van der Waals surface area contributed by atoms with E-state index in [9.17, 15) is 0 Å². The second kappa shape index (κ2) is 3.91. The van der Waals surface area contributed by atoms with Gasteiger partial charge in [-0.25, -0.2) is 0 Å². The molecule has 0 bridgehead atoms. The molecule has 0 rings (SSSR count). The monoisotopic (exact) mass is 148 g/mol. The van der Waals surface area contributed by atoms with Gasteiger partial charge in [0.05, 0.1) is 27.7 Å². The highest BCUT2D eigenvalue weighted by Crippen LogP contribution is 1.89. The minimum absolute atomic E-state index is 0.625. The average molecular weight is 149 g/mol. The van der Waals surface area contributed by atoms with Crippen molar-refractivity contribution in [1.82, 2.24) is 0 Å². The third kappa shape index (κ3) is 7.99. The first-order chi connectivity index (χ1) is 4.06. The summed E-state index contributed by atoms with van der Waals surface area (Å²) in [7, 11) is 6.45. The molecule has 0 aromatic heterocycles. The van der Waals surface area contributed by atoms with Gasteiger partial charge in [-0.3, -0.25) is 0 Å². The number of nitrogens with zero attached hydrogens (tertiary/aromatic N) is 1. The topological polar surface area (TPSA) is 0 Å². The van der Waals surface area contributed by atoms with Crippen LogP contribution in [0.15, 0.2) is 12.2 Å². The van der Waals surface area contributed by atoms with Crippen molar-refractivity contribution in [3.63, 3.8) is 0 Å². The van der Waals surface area contributed by atoms with Crippen molar-refractivity contribution < 1.29 is 4.48 Å². The number of allylic oxidation sites excluding steroid dienone is 1. The maximum absolute atomic E-state index is 5.44. The van der Waals surface area contributed by atoms with Gasteiger partial charge in [0.2, 0.25) is 0 Å². The number of hydrogen-bond donors (Lipinski definition) is 0. The van der Waals surface area contributed by atoms with Crippen LogP contribution in [0.2, 0.25) is 0 Å². The fourth-order valence-corrected chi connectivity index (χ4v) is 0.580. The molecule has 0 spiro atoms. The lowest BCUT2D eigenvalue weighted by Gasteiger charge is -2.21. The van der Waals surface area contributed by atoms with Crippen LogP contribution in [0.4, 0.5) is 0 Å². The Balaban J connectivity index is 3.38. The maximum atomic E-state index is 5.44. The van der Waals surface area contributed by atoms with E-state index in [2.05, 4.69) is 27.2 Å². The smallest absolute Gasteiger partial charge is 0.0967 e. The SMILES string of the molecule is C[N+](C)(C)CC=CCCl. The Morgan fingerprint density at radius 2 is 1.78 bits per heavy atom. The van der Waals surface area contributed by atoms with Gasteiger partial charge in [-0.1, -0.05) is 6.08 Å². The van der Waals surface area contributed by atoms with Crippen molar-refractivity contribution in [2.24, 2.45) is 0 Å². The van der Waals surface area contributed by atoms with Crippen LogP contribution in [0.3, 0.4) is 0 Å². The van der Waals surface area contributed by atoms with E-state index < -0.39 is 0 Å². The third-order valence-electron chi connectivity index (χ3n) is 0.909. The van der Waals surface area contributed by atoms with Crippen molar-refractivity contribution in [2.45, 2.75) is 0 Å². The van der Waals surface area contributed by atoms with Gasteiger partial charge in [0.25, 0.3) is 0 Å². The minimum Gasteiger partial charge on any atom is -0.328 e. The van der Waals surface area contributed by atoms with Gasteiger partial charge in [-0.05, 0) is 6.08 Å². The van der Waals surface area contributed by atoms with Crippen molar-refractivity contribution in [3.8, 4) is 0 Å². The second-order valence-electron chi connectivity index (χ2n) is 3.10. The Labute approximate surface area is 62.5 Å². The highest BCUT2D eigenvalue weighted by Gasteiger charge is 2.00. The molecule has 0 unspecified atom stereocenters. The van der Waals surface area contributed by atoms with E-state index in [4.69, 9.17) is 11.6 Å². The third-order valence-corrected chi connectivity index (χ3v) is 1.09. The van der Waals surface area contributed by atoms with Crippen LogP contribution >= 0.6 is 11.6 Å². The average Bonchev–Trinajstić information content (AvgIpc) is 1.63. The van der Waals surface area contributed by atoms with Crippen molar-refractivity contribution in [1.29, 1.82) is 0 Å². The van der Waals surface area contributed by atoms with Crippen molar-refractivity contribution >= 4 is 11.6 Å². The summed E-state index contributed by atoms with van der Waals surface area (Å²) in [5, 5.41) is 0. The van der Waals surface area contributed by atoms with E-state index in [1.165, 1.54) is 0 Å². The molecule has 0 aromatic carbocycles. The molecular weight excluding hydrogens is 134 g/mol. The first kappa shape index (κ1) is 8.99. The fraction of sp³-hybridized carbons (Fsp3) is 0.714. The molecule has 2 heteroatoms. The lowest BCUT2D eigenvalue weighted by Crippen LogP contribution is -2.34. The summed E-state index contributed by atoms with van der Waals surface area (Å²) in [4.78, 5) is 0. The molecule has 1 nitrogen and oxygen atoms in total.